The molecule has 0 spiro atoms. The van der Waals surface area contributed by atoms with E-state index in [0.717, 1.165) is 17.7 Å². The molecule has 7 heteroatoms. The summed E-state index contributed by atoms with van der Waals surface area (Å²) in [7, 11) is 1.68. The van der Waals surface area contributed by atoms with Gasteiger partial charge in [0, 0.05) is 19.2 Å². The quantitative estimate of drug-likeness (QED) is 0.919. The van der Waals surface area contributed by atoms with Gasteiger partial charge in [-0.05, 0) is 41.0 Å². The number of alkyl halides is 3. The molecule has 4 nitrogen and oxygen atoms in total. The first-order chi connectivity index (χ1) is 10.7. The summed E-state index contributed by atoms with van der Waals surface area (Å²) in [6, 6.07) is 8.79. The number of hydrogen-bond acceptors (Lipinski definition) is 3. The highest BCUT2D eigenvalue weighted by atomic mass is 19.4. The Labute approximate surface area is 129 Å². The normalized spacial score (nSPS) is 14.1. The third-order valence-corrected chi connectivity index (χ3v) is 3.61. The summed E-state index contributed by atoms with van der Waals surface area (Å²) < 4.78 is 40.8. The van der Waals surface area contributed by atoms with Crippen molar-refractivity contribution in [2.75, 3.05) is 7.05 Å². The zero-order chi connectivity index (χ0) is 16.8. The van der Waals surface area contributed by atoms with Gasteiger partial charge in [0.05, 0.1) is 0 Å². The molecule has 0 saturated heterocycles. The van der Waals surface area contributed by atoms with Crippen molar-refractivity contribution >= 4 is 5.91 Å². The molecule has 2 aromatic carbocycles. The van der Waals surface area contributed by atoms with Crippen LogP contribution in [0.4, 0.5) is 13.2 Å². The third-order valence-electron chi connectivity index (χ3n) is 3.61. The van der Waals surface area contributed by atoms with Gasteiger partial charge in [0.15, 0.2) is 11.5 Å². The van der Waals surface area contributed by atoms with E-state index in [9.17, 15) is 23.1 Å². The zero-order valence-corrected chi connectivity index (χ0v) is 12.0. The smallest absolute Gasteiger partial charge is 0.504 e. The van der Waals surface area contributed by atoms with Gasteiger partial charge in [-0.1, -0.05) is 12.1 Å². The highest BCUT2D eigenvalue weighted by Gasteiger charge is 2.32. The number of fused-ring (bicyclic) bond motifs is 1. The molecule has 1 amide bonds. The van der Waals surface area contributed by atoms with Gasteiger partial charge in [0.2, 0.25) is 0 Å². The Balaban J connectivity index is 1.99. The van der Waals surface area contributed by atoms with Gasteiger partial charge in [-0.25, -0.2) is 0 Å². The lowest BCUT2D eigenvalue weighted by molar-refractivity contribution is -0.275. The van der Waals surface area contributed by atoms with Gasteiger partial charge in [-0.15, -0.1) is 13.2 Å². The average molecular weight is 323 g/mol. The van der Waals surface area contributed by atoms with Gasteiger partial charge in [0.25, 0.3) is 5.91 Å². The molecule has 1 N–H and O–H groups in total. The Bertz CT molecular complexity index is 787. The Morgan fingerprint density at radius 1 is 1.13 bits per heavy atom. The lowest BCUT2D eigenvalue weighted by Gasteiger charge is -2.12. The van der Waals surface area contributed by atoms with Crippen LogP contribution in [0.3, 0.4) is 0 Å². The minimum atomic E-state index is -4.89. The number of nitrogens with zero attached hydrogens (tertiary/aromatic N) is 1. The van der Waals surface area contributed by atoms with Crippen LogP contribution in [0, 0.1) is 0 Å². The van der Waals surface area contributed by atoms with Crippen LogP contribution in [-0.2, 0) is 6.54 Å². The first-order valence-corrected chi connectivity index (χ1v) is 6.72. The fourth-order valence-electron chi connectivity index (χ4n) is 2.55. The molecular weight excluding hydrogens is 311 g/mol. The van der Waals surface area contributed by atoms with E-state index in [2.05, 4.69) is 4.74 Å². The molecule has 0 unspecified atom stereocenters. The first kappa shape index (κ1) is 15.2. The van der Waals surface area contributed by atoms with E-state index in [1.54, 1.807) is 30.1 Å². The Morgan fingerprint density at radius 3 is 2.48 bits per heavy atom. The minimum Gasteiger partial charge on any atom is -0.504 e. The highest BCUT2D eigenvalue weighted by Crippen LogP contribution is 2.36. The van der Waals surface area contributed by atoms with E-state index < -0.39 is 17.9 Å². The molecule has 23 heavy (non-hydrogen) atoms. The molecule has 0 radical (unpaired) electrons. The van der Waals surface area contributed by atoms with E-state index in [-0.39, 0.29) is 5.91 Å². The lowest BCUT2D eigenvalue weighted by Crippen LogP contribution is -2.17. The molecule has 0 aliphatic carbocycles. The van der Waals surface area contributed by atoms with Crippen molar-refractivity contribution in [2.24, 2.45) is 0 Å². The number of phenolic OH excluding ortho intramolecular Hbond substituents is 1. The number of phenols is 1. The average Bonchev–Trinajstić information content (AvgIpc) is 2.74. The summed E-state index contributed by atoms with van der Waals surface area (Å²) in [6.45, 7) is 0.450. The Hall–Kier alpha value is -2.70. The van der Waals surface area contributed by atoms with E-state index >= 15 is 0 Å². The molecule has 0 saturated carbocycles. The SMILES string of the molecule is CN1Cc2cc(-c3ccc(O)c(OC(F)(F)F)c3)ccc2C1=O. The highest BCUT2D eigenvalue weighted by molar-refractivity contribution is 5.98. The predicted octanol–water partition coefficient (Wildman–Crippen LogP) is 3.54. The standard InChI is InChI=1S/C16H12F3NO3/c1-20-8-11-6-9(2-4-12(11)15(20)22)10-3-5-13(21)14(7-10)23-16(17,18)19/h2-7,21H,8H2,1H3. The summed E-state index contributed by atoms with van der Waals surface area (Å²) in [6.07, 6.45) is -4.89. The van der Waals surface area contributed by atoms with Crippen LogP contribution in [0.1, 0.15) is 15.9 Å². The zero-order valence-electron chi connectivity index (χ0n) is 12.0. The second-order valence-corrected chi connectivity index (χ2v) is 5.26. The molecule has 1 heterocycles. The number of benzene rings is 2. The van der Waals surface area contributed by atoms with Crippen molar-refractivity contribution in [3.8, 4) is 22.6 Å². The predicted molar refractivity (Wildman–Crippen MR) is 76.0 cm³/mol. The second-order valence-electron chi connectivity index (χ2n) is 5.26. The molecule has 0 atom stereocenters. The fourth-order valence-corrected chi connectivity index (χ4v) is 2.55. The molecule has 120 valence electrons. The number of ether oxygens (including phenoxy) is 1. The summed E-state index contributed by atoms with van der Waals surface area (Å²) in [4.78, 5) is 13.4. The summed E-state index contributed by atoms with van der Waals surface area (Å²) >= 11 is 0. The number of halogens is 3. The number of rotatable bonds is 2. The van der Waals surface area contributed by atoms with Crippen LogP contribution in [0.5, 0.6) is 11.5 Å². The number of carbonyl (C=O) groups is 1. The largest absolute Gasteiger partial charge is 0.573 e. The monoisotopic (exact) mass is 323 g/mol. The molecule has 3 rings (SSSR count). The maximum atomic E-state index is 12.3. The van der Waals surface area contributed by atoms with Crippen molar-refractivity contribution in [3.63, 3.8) is 0 Å². The number of amides is 1. The molecule has 1 aliphatic heterocycles. The number of hydrogen-bond donors (Lipinski definition) is 1. The van der Waals surface area contributed by atoms with Crippen molar-refractivity contribution in [3.05, 3.63) is 47.5 Å². The molecular formula is C16H12F3NO3. The topological polar surface area (TPSA) is 49.8 Å². The molecule has 2 aromatic rings. The van der Waals surface area contributed by atoms with E-state index in [1.165, 1.54) is 6.07 Å². The maximum Gasteiger partial charge on any atom is 0.573 e. The lowest BCUT2D eigenvalue weighted by atomic mass is 10.00. The maximum absolute atomic E-state index is 12.3. The Morgan fingerprint density at radius 2 is 1.78 bits per heavy atom. The van der Waals surface area contributed by atoms with E-state index in [1.807, 2.05) is 0 Å². The van der Waals surface area contributed by atoms with Crippen LogP contribution in [0.25, 0.3) is 11.1 Å². The van der Waals surface area contributed by atoms with Crippen molar-refractivity contribution in [1.29, 1.82) is 0 Å². The molecule has 0 bridgehead atoms. The third kappa shape index (κ3) is 2.94. The number of aromatic hydroxyl groups is 1. The molecule has 0 aromatic heterocycles. The van der Waals surface area contributed by atoms with E-state index in [0.29, 0.717) is 23.2 Å². The van der Waals surface area contributed by atoms with Crippen molar-refractivity contribution in [2.45, 2.75) is 12.9 Å². The minimum absolute atomic E-state index is 0.0849. The van der Waals surface area contributed by atoms with Gasteiger partial charge < -0.3 is 14.7 Å². The van der Waals surface area contributed by atoms with Crippen LogP contribution < -0.4 is 4.74 Å². The summed E-state index contributed by atoms with van der Waals surface area (Å²) in [5, 5.41) is 9.49. The number of carbonyl (C=O) groups excluding carboxylic acids is 1. The van der Waals surface area contributed by atoms with Gasteiger partial charge >= 0.3 is 6.36 Å². The van der Waals surface area contributed by atoms with Gasteiger partial charge in [0.1, 0.15) is 0 Å². The van der Waals surface area contributed by atoms with Crippen LogP contribution in [0.2, 0.25) is 0 Å². The summed E-state index contributed by atoms with van der Waals surface area (Å²) in [5.41, 5.74) is 2.48. The fraction of sp³-hybridized carbons (Fsp3) is 0.188. The van der Waals surface area contributed by atoms with Crippen molar-refractivity contribution < 1.29 is 27.8 Å². The first-order valence-electron chi connectivity index (χ1n) is 6.72. The van der Waals surface area contributed by atoms with Crippen LogP contribution in [-0.4, -0.2) is 29.3 Å². The van der Waals surface area contributed by atoms with Gasteiger partial charge in [-0.3, -0.25) is 4.79 Å². The van der Waals surface area contributed by atoms with Crippen molar-refractivity contribution in [1.82, 2.24) is 4.90 Å². The van der Waals surface area contributed by atoms with Gasteiger partial charge in [-0.2, -0.15) is 0 Å². The summed E-state index contributed by atoms with van der Waals surface area (Å²) in [5.74, 6) is -1.34. The Kier molecular flexibility index (Phi) is 3.43. The van der Waals surface area contributed by atoms with E-state index in [4.69, 9.17) is 0 Å². The van der Waals surface area contributed by atoms with Crippen LogP contribution in [0.15, 0.2) is 36.4 Å². The molecule has 0 fully saturated rings. The molecule has 1 aliphatic rings. The second kappa shape index (κ2) is 5.19. The van der Waals surface area contributed by atoms with Crippen LogP contribution >= 0.6 is 0 Å².